The summed E-state index contributed by atoms with van der Waals surface area (Å²) in [5.74, 6) is -0.259. The SMILES string of the molecule is Cc1c(CN2CCN(C(=O)OC(C)(C)C)CC2)cc(B(O)O)c(C)c1OS(=O)(=O)F. The zero-order chi connectivity index (χ0) is 22.9. The van der Waals surface area contributed by atoms with Gasteiger partial charge in [0, 0.05) is 32.7 Å². The first-order chi connectivity index (χ1) is 13.7. The van der Waals surface area contributed by atoms with Crippen molar-refractivity contribution in [3.63, 3.8) is 0 Å². The summed E-state index contributed by atoms with van der Waals surface area (Å²) in [4.78, 5) is 15.8. The number of carbonyl (C=O) groups excluding carboxylic acids is 1. The van der Waals surface area contributed by atoms with E-state index in [9.17, 15) is 27.1 Å². The fourth-order valence-electron chi connectivity index (χ4n) is 3.28. The number of benzene rings is 1. The molecule has 1 aromatic carbocycles. The molecule has 1 fully saturated rings. The second kappa shape index (κ2) is 9.09. The van der Waals surface area contributed by atoms with Gasteiger partial charge in [-0.2, -0.15) is 8.42 Å². The Balaban J connectivity index is 2.18. The Labute approximate surface area is 176 Å². The van der Waals surface area contributed by atoms with Gasteiger partial charge in [0.05, 0.1) is 0 Å². The number of ether oxygens (including phenoxy) is 1. The lowest BCUT2D eigenvalue weighted by molar-refractivity contribution is 0.0139. The summed E-state index contributed by atoms with van der Waals surface area (Å²) in [5.41, 5.74) is 0.520. The van der Waals surface area contributed by atoms with Crippen LogP contribution >= 0.6 is 0 Å². The van der Waals surface area contributed by atoms with Gasteiger partial charge in [-0.25, -0.2) is 4.79 Å². The lowest BCUT2D eigenvalue weighted by Crippen LogP contribution is -2.49. The zero-order valence-corrected chi connectivity index (χ0v) is 18.6. The molecule has 2 N–H and O–H groups in total. The smallest absolute Gasteiger partial charge is 0.444 e. The number of hydrogen-bond acceptors (Lipinski definition) is 8. The second-order valence-corrected chi connectivity index (χ2v) is 9.25. The molecule has 12 heteroatoms. The Morgan fingerprint density at radius 1 is 1.17 bits per heavy atom. The number of amides is 1. The van der Waals surface area contributed by atoms with Crippen LogP contribution in [0.1, 0.15) is 37.5 Å². The molecule has 2 rings (SSSR count). The average Bonchev–Trinajstić information content (AvgIpc) is 2.59. The number of carbonyl (C=O) groups is 1. The quantitative estimate of drug-likeness (QED) is 0.500. The van der Waals surface area contributed by atoms with Gasteiger partial charge in [-0.15, -0.1) is 0 Å². The number of piperazine rings is 1. The van der Waals surface area contributed by atoms with Gasteiger partial charge in [0.1, 0.15) is 5.60 Å². The summed E-state index contributed by atoms with van der Waals surface area (Å²) in [5, 5.41) is 19.2. The van der Waals surface area contributed by atoms with E-state index < -0.39 is 23.2 Å². The predicted octanol–water partition coefficient (Wildman–Crippen LogP) is 0.629. The van der Waals surface area contributed by atoms with E-state index >= 15 is 0 Å². The van der Waals surface area contributed by atoms with Crippen LogP contribution in [0.5, 0.6) is 5.75 Å². The van der Waals surface area contributed by atoms with Crippen molar-refractivity contribution in [3.05, 3.63) is 22.8 Å². The third-order valence-electron chi connectivity index (χ3n) is 4.80. The molecule has 1 saturated heterocycles. The normalized spacial score (nSPS) is 15.8. The van der Waals surface area contributed by atoms with Crippen molar-refractivity contribution < 1.29 is 36.1 Å². The van der Waals surface area contributed by atoms with Gasteiger partial charge >= 0.3 is 23.7 Å². The van der Waals surface area contributed by atoms with Crippen molar-refractivity contribution in [1.29, 1.82) is 0 Å². The molecule has 0 atom stereocenters. The number of halogens is 1. The third kappa shape index (κ3) is 6.56. The minimum atomic E-state index is -5.28. The molecule has 1 aliphatic heterocycles. The monoisotopic (exact) mass is 446 g/mol. The van der Waals surface area contributed by atoms with Crippen LogP contribution in [-0.2, 0) is 21.8 Å². The number of rotatable bonds is 5. The Kier molecular flexibility index (Phi) is 7.38. The van der Waals surface area contributed by atoms with Crippen molar-refractivity contribution >= 4 is 29.2 Å². The fourth-order valence-corrected chi connectivity index (χ4v) is 3.72. The van der Waals surface area contributed by atoms with E-state index in [0.717, 1.165) is 0 Å². The average molecular weight is 446 g/mol. The van der Waals surface area contributed by atoms with Gasteiger partial charge < -0.3 is 23.9 Å². The van der Waals surface area contributed by atoms with Crippen LogP contribution < -0.4 is 9.65 Å². The Hall–Kier alpha value is -1.89. The van der Waals surface area contributed by atoms with Crippen LogP contribution in [0.15, 0.2) is 6.07 Å². The molecule has 9 nitrogen and oxygen atoms in total. The molecule has 168 valence electrons. The summed E-state index contributed by atoms with van der Waals surface area (Å²) in [6.07, 6.45) is -0.386. The van der Waals surface area contributed by atoms with E-state index in [4.69, 9.17) is 4.74 Å². The maximum Gasteiger partial charge on any atom is 0.488 e. The van der Waals surface area contributed by atoms with E-state index in [0.29, 0.717) is 43.9 Å². The van der Waals surface area contributed by atoms with Crippen LogP contribution in [0.2, 0.25) is 0 Å². The minimum absolute atomic E-state index is 0.0293. The molecule has 0 bridgehead atoms. The van der Waals surface area contributed by atoms with Gasteiger partial charge in [0.15, 0.2) is 5.75 Å². The molecule has 0 spiro atoms. The number of nitrogens with zero attached hydrogens (tertiary/aromatic N) is 2. The maximum absolute atomic E-state index is 13.2. The first kappa shape index (κ1) is 24.4. The molecule has 1 aliphatic rings. The topological polar surface area (TPSA) is 117 Å². The molecule has 1 heterocycles. The van der Waals surface area contributed by atoms with Gasteiger partial charge in [-0.1, -0.05) is 9.95 Å². The first-order valence-electron chi connectivity index (χ1n) is 9.51. The van der Waals surface area contributed by atoms with Crippen molar-refractivity contribution in [3.8, 4) is 5.75 Å². The molecule has 1 aromatic rings. The first-order valence-corrected chi connectivity index (χ1v) is 10.8. The second-order valence-electron chi connectivity index (χ2n) is 8.30. The Morgan fingerprint density at radius 2 is 1.73 bits per heavy atom. The van der Waals surface area contributed by atoms with Crippen LogP contribution in [-0.4, -0.2) is 73.3 Å². The van der Waals surface area contributed by atoms with Crippen molar-refractivity contribution in [1.82, 2.24) is 9.80 Å². The molecule has 0 radical (unpaired) electrons. The highest BCUT2D eigenvalue weighted by atomic mass is 32.3. The van der Waals surface area contributed by atoms with Gasteiger partial charge in [-0.05, 0) is 56.8 Å². The molecule has 0 saturated carbocycles. The molecular weight excluding hydrogens is 418 g/mol. The lowest BCUT2D eigenvalue weighted by atomic mass is 9.75. The largest absolute Gasteiger partial charge is 0.488 e. The van der Waals surface area contributed by atoms with Crippen molar-refractivity contribution in [2.75, 3.05) is 26.2 Å². The van der Waals surface area contributed by atoms with E-state index in [1.807, 2.05) is 4.90 Å². The third-order valence-corrected chi connectivity index (χ3v) is 5.17. The van der Waals surface area contributed by atoms with E-state index in [2.05, 4.69) is 4.18 Å². The molecule has 0 aromatic heterocycles. The Bertz CT molecular complexity index is 895. The molecule has 30 heavy (non-hydrogen) atoms. The van der Waals surface area contributed by atoms with Gasteiger partial charge in [0.25, 0.3) is 0 Å². The molecule has 1 amide bonds. The van der Waals surface area contributed by atoms with E-state index in [1.54, 1.807) is 32.6 Å². The molecule has 0 aliphatic carbocycles. The number of hydrogen-bond donors (Lipinski definition) is 2. The van der Waals surface area contributed by atoms with Crippen LogP contribution in [0, 0.1) is 13.8 Å². The summed E-state index contributed by atoms with van der Waals surface area (Å²) in [6.45, 7) is 10.7. The van der Waals surface area contributed by atoms with E-state index in [1.165, 1.54) is 13.0 Å². The minimum Gasteiger partial charge on any atom is -0.444 e. The van der Waals surface area contributed by atoms with E-state index in [-0.39, 0.29) is 22.9 Å². The summed E-state index contributed by atoms with van der Waals surface area (Å²) >= 11 is 0. The highest BCUT2D eigenvalue weighted by Gasteiger charge is 2.28. The predicted molar refractivity (Wildman–Crippen MR) is 109 cm³/mol. The summed E-state index contributed by atoms with van der Waals surface area (Å²) < 4.78 is 45.0. The van der Waals surface area contributed by atoms with Gasteiger partial charge in [0.2, 0.25) is 0 Å². The van der Waals surface area contributed by atoms with Gasteiger partial charge in [-0.3, -0.25) is 4.90 Å². The standard InChI is InChI=1S/C18H28BFN2O7S/c1-12-14(10-15(19(24)25)13(2)16(12)29-30(20,26)27)11-21-6-8-22(9-7-21)17(23)28-18(3,4)5/h10,24-25H,6-9,11H2,1-5H3. The summed E-state index contributed by atoms with van der Waals surface area (Å²) in [6, 6.07) is 1.54. The highest BCUT2D eigenvalue weighted by molar-refractivity contribution is 7.81. The lowest BCUT2D eigenvalue weighted by Gasteiger charge is -2.36. The zero-order valence-electron chi connectivity index (χ0n) is 17.8. The molecular formula is C18H28BFN2O7S. The van der Waals surface area contributed by atoms with Crippen molar-refractivity contribution in [2.45, 2.75) is 46.8 Å². The maximum atomic E-state index is 13.2. The summed E-state index contributed by atoms with van der Waals surface area (Å²) in [7, 11) is -7.16. The van der Waals surface area contributed by atoms with Crippen LogP contribution in [0.4, 0.5) is 8.68 Å². The highest BCUT2D eigenvalue weighted by Crippen LogP contribution is 2.28. The Morgan fingerprint density at radius 3 is 2.20 bits per heavy atom. The molecule has 0 unspecified atom stereocenters. The van der Waals surface area contributed by atoms with Crippen LogP contribution in [0.25, 0.3) is 0 Å². The van der Waals surface area contributed by atoms with Crippen LogP contribution in [0.3, 0.4) is 0 Å². The fraction of sp³-hybridized carbons (Fsp3) is 0.611. The van der Waals surface area contributed by atoms with Crippen molar-refractivity contribution in [2.24, 2.45) is 0 Å².